The zero-order valence-electron chi connectivity index (χ0n) is 11.8. The van der Waals surface area contributed by atoms with Crippen molar-refractivity contribution in [1.29, 1.82) is 0 Å². The third kappa shape index (κ3) is 5.06. The van der Waals surface area contributed by atoms with Crippen LogP contribution in [0.4, 0.5) is 11.4 Å². The molecule has 0 unspecified atom stereocenters. The second kappa shape index (κ2) is 8.17. The Hall–Kier alpha value is -1.20. The number of carbonyl (C=O) groups excluding carboxylic acids is 1. The highest BCUT2D eigenvalue weighted by Gasteiger charge is 2.10. The van der Waals surface area contributed by atoms with Crippen molar-refractivity contribution in [3.05, 3.63) is 24.3 Å². The van der Waals surface area contributed by atoms with Crippen molar-refractivity contribution >= 4 is 29.0 Å². The van der Waals surface area contributed by atoms with Crippen LogP contribution >= 0.6 is 11.8 Å². The molecule has 2 rings (SSSR count). The molecule has 0 aliphatic carbocycles. The average molecular weight is 293 g/mol. The van der Waals surface area contributed by atoms with Crippen LogP contribution in [-0.2, 0) is 4.79 Å². The van der Waals surface area contributed by atoms with E-state index in [0.717, 1.165) is 19.5 Å². The van der Waals surface area contributed by atoms with Gasteiger partial charge in [0, 0.05) is 18.7 Å². The van der Waals surface area contributed by atoms with E-state index in [4.69, 9.17) is 5.73 Å². The topological polar surface area (TPSA) is 58.4 Å². The minimum Gasteiger partial charge on any atom is -0.397 e. The number of benzene rings is 1. The monoisotopic (exact) mass is 293 g/mol. The summed E-state index contributed by atoms with van der Waals surface area (Å²) in [5.74, 6) is 2.53. The van der Waals surface area contributed by atoms with Gasteiger partial charge >= 0.3 is 0 Å². The highest BCUT2D eigenvalue weighted by Crippen LogP contribution is 2.17. The van der Waals surface area contributed by atoms with Crippen LogP contribution in [0.3, 0.4) is 0 Å². The van der Waals surface area contributed by atoms with E-state index in [0.29, 0.717) is 17.8 Å². The molecule has 0 atom stereocenters. The van der Waals surface area contributed by atoms with Crippen molar-refractivity contribution in [3.8, 4) is 0 Å². The van der Waals surface area contributed by atoms with Crippen molar-refractivity contribution in [2.75, 3.05) is 42.2 Å². The Morgan fingerprint density at radius 1 is 1.30 bits per heavy atom. The molecule has 110 valence electrons. The van der Waals surface area contributed by atoms with Gasteiger partial charge in [-0.25, -0.2) is 0 Å². The van der Waals surface area contributed by atoms with Gasteiger partial charge in [-0.05, 0) is 43.8 Å². The number of nitrogens with two attached hydrogens (primary N) is 1. The van der Waals surface area contributed by atoms with E-state index < -0.39 is 0 Å². The summed E-state index contributed by atoms with van der Waals surface area (Å²) in [6.45, 7) is 3.33. The molecule has 0 spiro atoms. The maximum absolute atomic E-state index is 11.9. The molecule has 1 saturated heterocycles. The minimum atomic E-state index is 0.0482. The van der Waals surface area contributed by atoms with Gasteiger partial charge in [0.2, 0.25) is 5.91 Å². The van der Waals surface area contributed by atoms with Crippen molar-refractivity contribution in [2.45, 2.75) is 19.3 Å². The van der Waals surface area contributed by atoms with E-state index in [-0.39, 0.29) is 5.91 Å². The largest absolute Gasteiger partial charge is 0.397 e. The first-order chi connectivity index (χ1) is 9.75. The van der Waals surface area contributed by atoms with Crippen LogP contribution in [0.1, 0.15) is 19.3 Å². The number of para-hydroxylation sites is 2. The molecule has 3 N–H and O–H groups in total. The fourth-order valence-electron chi connectivity index (χ4n) is 2.31. The molecule has 0 bridgehead atoms. The Morgan fingerprint density at radius 3 is 3.00 bits per heavy atom. The van der Waals surface area contributed by atoms with Gasteiger partial charge < -0.3 is 16.0 Å². The van der Waals surface area contributed by atoms with Crippen LogP contribution in [0.25, 0.3) is 0 Å². The van der Waals surface area contributed by atoms with Crippen molar-refractivity contribution < 1.29 is 4.79 Å². The van der Waals surface area contributed by atoms with Gasteiger partial charge in [0.15, 0.2) is 0 Å². The molecule has 5 heteroatoms. The normalized spacial score (nSPS) is 16.6. The molecule has 1 amide bonds. The lowest BCUT2D eigenvalue weighted by molar-refractivity contribution is -0.116. The number of anilines is 2. The van der Waals surface area contributed by atoms with Crippen LogP contribution in [0.5, 0.6) is 0 Å². The molecule has 1 aromatic carbocycles. The third-order valence-electron chi connectivity index (χ3n) is 3.43. The van der Waals surface area contributed by atoms with Crippen LogP contribution in [0.15, 0.2) is 24.3 Å². The Balaban J connectivity index is 1.68. The first kappa shape index (κ1) is 15.2. The SMILES string of the molecule is Nc1ccccc1NC(=O)CCCN1CCCSCC1. The molecule has 0 radical (unpaired) electrons. The van der Waals surface area contributed by atoms with Gasteiger partial charge in [0.05, 0.1) is 11.4 Å². The maximum Gasteiger partial charge on any atom is 0.224 e. The summed E-state index contributed by atoms with van der Waals surface area (Å²) in [7, 11) is 0. The third-order valence-corrected chi connectivity index (χ3v) is 4.48. The Morgan fingerprint density at radius 2 is 2.15 bits per heavy atom. The standard InChI is InChI=1S/C15H23N3OS/c16-13-5-1-2-6-14(13)17-15(19)7-3-8-18-9-4-11-20-12-10-18/h1-2,5-6H,3-4,7-12,16H2,(H,17,19). The second-order valence-corrected chi connectivity index (χ2v) is 6.27. The molecule has 1 aliphatic rings. The van der Waals surface area contributed by atoms with Gasteiger partial charge in [-0.15, -0.1) is 0 Å². The van der Waals surface area contributed by atoms with Crippen molar-refractivity contribution in [1.82, 2.24) is 4.90 Å². The lowest BCUT2D eigenvalue weighted by Gasteiger charge is -2.18. The molecule has 0 aromatic heterocycles. The van der Waals surface area contributed by atoms with Crippen LogP contribution in [0.2, 0.25) is 0 Å². The zero-order valence-corrected chi connectivity index (χ0v) is 12.6. The number of hydrogen-bond donors (Lipinski definition) is 2. The molecule has 1 heterocycles. The van der Waals surface area contributed by atoms with Gasteiger partial charge in [-0.2, -0.15) is 11.8 Å². The number of nitrogens with one attached hydrogen (secondary N) is 1. The highest BCUT2D eigenvalue weighted by molar-refractivity contribution is 7.99. The quantitative estimate of drug-likeness (QED) is 0.819. The van der Waals surface area contributed by atoms with Crippen molar-refractivity contribution in [3.63, 3.8) is 0 Å². The Labute approximate surface area is 125 Å². The number of carbonyl (C=O) groups is 1. The predicted molar refractivity (Wildman–Crippen MR) is 87.1 cm³/mol. The van der Waals surface area contributed by atoms with E-state index in [1.807, 2.05) is 30.0 Å². The first-order valence-corrected chi connectivity index (χ1v) is 8.35. The second-order valence-electron chi connectivity index (χ2n) is 5.05. The molecular formula is C15H23N3OS. The summed E-state index contributed by atoms with van der Waals surface area (Å²) in [5.41, 5.74) is 7.13. The van der Waals surface area contributed by atoms with Crippen molar-refractivity contribution in [2.24, 2.45) is 0 Å². The van der Waals surface area contributed by atoms with E-state index in [2.05, 4.69) is 10.2 Å². The lowest BCUT2D eigenvalue weighted by Crippen LogP contribution is -2.28. The summed E-state index contributed by atoms with van der Waals surface area (Å²) in [5, 5.41) is 2.87. The summed E-state index contributed by atoms with van der Waals surface area (Å²) in [6.07, 6.45) is 2.72. The smallest absolute Gasteiger partial charge is 0.224 e. The number of nitrogen functional groups attached to an aromatic ring is 1. The fourth-order valence-corrected chi connectivity index (χ4v) is 3.23. The zero-order chi connectivity index (χ0) is 14.2. The number of thioether (sulfide) groups is 1. The summed E-state index contributed by atoms with van der Waals surface area (Å²) in [4.78, 5) is 14.3. The van der Waals surface area contributed by atoms with E-state index in [9.17, 15) is 4.79 Å². The van der Waals surface area contributed by atoms with E-state index in [1.54, 1.807) is 6.07 Å². The highest BCUT2D eigenvalue weighted by atomic mass is 32.2. The van der Waals surface area contributed by atoms with Crippen LogP contribution < -0.4 is 11.1 Å². The first-order valence-electron chi connectivity index (χ1n) is 7.20. The molecule has 1 fully saturated rings. The van der Waals surface area contributed by atoms with E-state index in [1.165, 1.54) is 24.5 Å². The van der Waals surface area contributed by atoms with Gasteiger partial charge in [0.25, 0.3) is 0 Å². The Bertz CT molecular complexity index is 431. The predicted octanol–water partition coefficient (Wildman–Crippen LogP) is 2.43. The summed E-state index contributed by atoms with van der Waals surface area (Å²) < 4.78 is 0. The number of amides is 1. The number of hydrogen-bond acceptors (Lipinski definition) is 4. The summed E-state index contributed by atoms with van der Waals surface area (Å²) in [6, 6.07) is 7.37. The van der Waals surface area contributed by atoms with Gasteiger partial charge in [-0.3, -0.25) is 4.79 Å². The number of rotatable bonds is 5. The fraction of sp³-hybridized carbons (Fsp3) is 0.533. The summed E-state index contributed by atoms with van der Waals surface area (Å²) >= 11 is 2.03. The van der Waals surface area contributed by atoms with Crippen LogP contribution in [0, 0.1) is 0 Å². The molecule has 1 aromatic rings. The molecule has 20 heavy (non-hydrogen) atoms. The van der Waals surface area contributed by atoms with Gasteiger partial charge in [0.1, 0.15) is 0 Å². The number of nitrogens with zero attached hydrogens (tertiary/aromatic N) is 1. The molecule has 0 saturated carbocycles. The van der Waals surface area contributed by atoms with Gasteiger partial charge in [-0.1, -0.05) is 12.1 Å². The lowest BCUT2D eigenvalue weighted by atomic mass is 10.2. The minimum absolute atomic E-state index is 0.0482. The Kier molecular flexibility index (Phi) is 6.21. The average Bonchev–Trinajstić information content (AvgIpc) is 2.70. The molecular weight excluding hydrogens is 270 g/mol. The van der Waals surface area contributed by atoms with Crippen LogP contribution in [-0.4, -0.2) is 41.9 Å². The molecule has 4 nitrogen and oxygen atoms in total. The molecule has 1 aliphatic heterocycles. The van der Waals surface area contributed by atoms with E-state index >= 15 is 0 Å². The maximum atomic E-state index is 11.9.